The number of aryl methyl sites for hydroxylation is 1. The summed E-state index contributed by atoms with van der Waals surface area (Å²) in [5.41, 5.74) is 0.997. The molecule has 0 atom stereocenters. The smallest absolute Gasteiger partial charge is 0.262 e. The van der Waals surface area contributed by atoms with Crippen molar-refractivity contribution in [3.8, 4) is 5.75 Å². The Kier molecular flexibility index (Phi) is 5.03. The maximum absolute atomic E-state index is 11.3. The predicted octanol–water partition coefficient (Wildman–Crippen LogP) is 3.28. The topological polar surface area (TPSA) is 61.2 Å². The number of halogens is 3. The van der Waals surface area contributed by atoms with E-state index in [4.69, 9.17) is 38.6 Å². The highest BCUT2D eigenvalue weighted by Gasteiger charge is 2.18. The molecule has 9 heteroatoms. The average molecular weight is 370 g/mol. The summed E-state index contributed by atoms with van der Waals surface area (Å²) < 4.78 is 29.8. The molecule has 0 bridgehead atoms. The third kappa shape index (κ3) is 4.03. The first-order valence-corrected chi connectivity index (χ1v) is 8.89. The summed E-state index contributed by atoms with van der Waals surface area (Å²) in [7, 11) is 3.14. The van der Waals surface area contributed by atoms with E-state index in [1.165, 1.54) is 12.1 Å². The molecular weight excluding hydrogens is 359 g/mol. The molecule has 0 unspecified atom stereocenters. The van der Waals surface area contributed by atoms with Gasteiger partial charge in [-0.05, 0) is 12.1 Å². The van der Waals surface area contributed by atoms with Crippen molar-refractivity contribution in [3.05, 3.63) is 40.1 Å². The second-order valence-corrected chi connectivity index (χ2v) is 7.54. The van der Waals surface area contributed by atoms with E-state index < -0.39 is 9.05 Å². The van der Waals surface area contributed by atoms with Gasteiger partial charge in [0, 0.05) is 42.1 Å². The monoisotopic (exact) mass is 368 g/mol. The van der Waals surface area contributed by atoms with Crippen LogP contribution in [0.25, 0.3) is 0 Å². The van der Waals surface area contributed by atoms with Crippen LogP contribution in [-0.2, 0) is 22.5 Å². The molecule has 0 amide bonds. The van der Waals surface area contributed by atoms with Crippen molar-refractivity contribution < 1.29 is 13.2 Å². The van der Waals surface area contributed by atoms with Crippen LogP contribution >= 0.6 is 33.9 Å². The lowest BCUT2D eigenvalue weighted by atomic mass is 10.3. The van der Waals surface area contributed by atoms with Crippen LogP contribution in [0.2, 0.25) is 10.0 Å². The third-order valence-electron chi connectivity index (χ3n) is 2.79. The second kappa shape index (κ2) is 6.44. The van der Waals surface area contributed by atoms with Gasteiger partial charge in [0.1, 0.15) is 10.6 Å². The number of benzene rings is 1. The largest absolute Gasteiger partial charge is 0.492 e. The molecule has 0 spiro atoms. The van der Waals surface area contributed by atoms with E-state index in [9.17, 15) is 8.42 Å². The van der Waals surface area contributed by atoms with Gasteiger partial charge in [-0.3, -0.25) is 4.68 Å². The number of hydrogen-bond donors (Lipinski definition) is 0. The molecule has 1 aromatic heterocycles. The fourth-order valence-corrected chi connectivity index (χ4v) is 3.51. The molecule has 0 saturated carbocycles. The van der Waals surface area contributed by atoms with Gasteiger partial charge in [-0.25, -0.2) is 8.42 Å². The Morgan fingerprint density at radius 1 is 1.29 bits per heavy atom. The summed E-state index contributed by atoms with van der Waals surface area (Å²) in [6.07, 6.45) is 2.32. The van der Waals surface area contributed by atoms with Gasteiger partial charge in [0.2, 0.25) is 0 Å². The van der Waals surface area contributed by atoms with Crippen molar-refractivity contribution in [1.82, 2.24) is 9.78 Å². The summed E-state index contributed by atoms with van der Waals surface area (Å²) >= 11 is 11.8. The number of aromatic nitrogens is 2. The lowest BCUT2D eigenvalue weighted by Crippen LogP contribution is -2.06. The Balaban J connectivity index is 2.11. The molecule has 0 fully saturated rings. The van der Waals surface area contributed by atoms with Crippen molar-refractivity contribution in [1.29, 1.82) is 0 Å². The fourth-order valence-electron chi connectivity index (χ4n) is 1.72. The van der Waals surface area contributed by atoms with E-state index in [2.05, 4.69) is 5.10 Å². The molecule has 0 radical (unpaired) electrons. The molecule has 0 aliphatic heterocycles. The SMILES string of the molecule is Cn1nccc1CCOc1cc(Cl)c(S(=O)(=O)Cl)cc1Cl. The van der Waals surface area contributed by atoms with Crippen LogP contribution in [0.1, 0.15) is 5.69 Å². The predicted molar refractivity (Wildman–Crippen MR) is 81.9 cm³/mol. The average Bonchev–Trinajstić information content (AvgIpc) is 2.77. The minimum Gasteiger partial charge on any atom is -0.492 e. The Morgan fingerprint density at radius 3 is 2.57 bits per heavy atom. The Bertz CT molecular complexity index is 759. The van der Waals surface area contributed by atoms with Crippen LogP contribution in [0.3, 0.4) is 0 Å². The highest BCUT2D eigenvalue weighted by Crippen LogP contribution is 2.35. The summed E-state index contributed by atoms with van der Waals surface area (Å²) in [6.45, 7) is 0.350. The maximum atomic E-state index is 11.3. The van der Waals surface area contributed by atoms with Crippen LogP contribution in [0.15, 0.2) is 29.3 Å². The standard InChI is InChI=1S/C12H11Cl3N2O3S/c1-17-8(2-4-16-17)3-5-20-11-6-10(14)12(7-9(11)13)21(15,18)19/h2,4,6-7H,3,5H2,1H3. The summed E-state index contributed by atoms with van der Waals surface area (Å²) in [5.74, 6) is 0.299. The molecule has 2 rings (SSSR count). The Morgan fingerprint density at radius 2 is 2.00 bits per heavy atom. The van der Waals surface area contributed by atoms with E-state index in [0.29, 0.717) is 18.8 Å². The van der Waals surface area contributed by atoms with Crippen molar-refractivity contribution >= 4 is 42.9 Å². The molecule has 1 aromatic carbocycles. The lowest BCUT2D eigenvalue weighted by molar-refractivity contribution is 0.318. The highest BCUT2D eigenvalue weighted by atomic mass is 35.7. The van der Waals surface area contributed by atoms with Gasteiger partial charge >= 0.3 is 0 Å². The number of rotatable bonds is 5. The summed E-state index contributed by atoms with van der Waals surface area (Å²) in [5, 5.41) is 4.14. The Hall–Kier alpha value is -0.950. The highest BCUT2D eigenvalue weighted by molar-refractivity contribution is 8.13. The van der Waals surface area contributed by atoms with Crippen molar-refractivity contribution in [3.63, 3.8) is 0 Å². The van der Waals surface area contributed by atoms with Gasteiger partial charge in [-0.15, -0.1) is 0 Å². The van der Waals surface area contributed by atoms with E-state index in [1.54, 1.807) is 10.9 Å². The summed E-state index contributed by atoms with van der Waals surface area (Å²) in [4.78, 5) is -0.241. The molecule has 114 valence electrons. The zero-order chi connectivity index (χ0) is 15.6. The second-order valence-electron chi connectivity index (χ2n) is 4.20. The minimum atomic E-state index is -3.95. The molecule has 0 saturated heterocycles. The number of hydrogen-bond acceptors (Lipinski definition) is 4. The van der Waals surface area contributed by atoms with Crippen LogP contribution in [-0.4, -0.2) is 24.8 Å². The van der Waals surface area contributed by atoms with Crippen LogP contribution in [0.4, 0.5) is 0 Å². The minimum absolute atomic E-state index is 0.0371. The molecule has 21 heavy (non-hydrogen) atoms. The summed E-state index contributed by atoms with van der Waals surface area (Å²) in [6, 6.07) is 4.38. The van der Waals surface area contributed by atoms with Crippen molar-refractivity contribution in [2.24, 2.45) is 7.05 Å². The van der Waals surface area contributed by atoms with Gasteiger partial charge < -0.3 is 4.74 Å². The maximum Gasteiger partial charge on any atom is 0.262 e. The number of ether oxygens (including phenoxy) is 1. The molecule has 0 aliphatic carbocycles. The first-order valence-electron chi connectivity index (χ1n) is 5.82. The van der Waals surface area contributed by atoms with Crippen LogP contribution < -0.4 is 4.74 Å². The van der Waals surface area contributed by atoms with E-state index in [1.807, 2.05) is 13.1 Å². The molecule has 0 aliphatic rings. The van der Waals surface area contributed by atoms with Crippen molar-refractivity contribution in [2.45, 2.75) is 11.3 Å². The van der Waals surface area contributed by atoms with Crippen LogP contribution in [0, 0.1) is 0 Å². The lowest BCUT2D eigenvalue weighted by Gasteiger charge is -2.10. The van der Waals surface area contributed by atoms with E-state index in [-0.39, 0.29) is 14.9 Å². The van der Waals surface area contributed by atoms with E-state index >= 15 is 0 Å². The van der Waals surface area contributed by atoms with Crippen molar-refractivity contribution in [2.75, 3.05) is 6.61 Å². The van der Waals surface area contributed by atoms with Gasteiger partial charge in [0.15, 0.2) is 0 Å². The number of nitrogens with zero attached hydrogens (tertiary/aromatic N) is 2. The molecule has 0 N–H and O–H groups in total. The Labute approximate surface area is 136 Å². The normalized spacial score (nSPS) is 11.6. The van der Waals surface area contributed by atoms with E-state index in [0.717, 1.165) is 5.69 Å². The zero-order valence-electron chi connectivity index (χ0n) is 10.9. The quantitative estimate of drug-likeness (QED) is 0.759. The van der Waals surface area contributed by atoms with Gasteiger partial charge in [0.05, 0.1) is 16.7 Å². The van der Waals surface area contributed by atoms with Gasteiger partial charge in [0.25, 0.3) is 9.05 Å². The third-order valence-corrected chi connectivity index (χ3v) is 4.87. The van der Waals surface area contributed by atoms with Crippen LogP contribution in [0.5, 0.6) is 5.75 Å². The molecule has 2 aromatic rings. The van der Waals surface area contributed by atoms with Gasteiger partial charge in [-0.2, -0.15) is 5.10 Å². The fraction of sp³-hybridized carbons (Fsp3) is 0.250. The first-order chi connectivity index (χ1) is 9.79. The molecular formula is C12H11Cl3N2O3S. The molecule has 1 heterocycles. The van der Waals surface area contributed by atoms with Gasteiger partial charge in [-0.1, -0.05) is 23.2 Å². The zero-order valence-corrected chi connectivity index (χ0v) is 14.0. The molecule has 5 nitrogen and oxygen atoms in total. The first kappa shape index (κ1) is 16.4.